The number of ether oxygens (including phenoxy) is 2. The van der Waals surface area contributed by atoms with Gasteiger partial charge in [-0.2, -0.15) is 0 Å². The maximum atomic E-state index is 11.3. The van der Waals surface area contributed by atoms with Gasteiger partial charge in [0.05, 0.1) is 11.0 Å². The van der Waals surface area contributed by atoms with Crippen molar-refractivity contribution in [1.29, 1.82) is 0 Å². The quantitative estimate of drug-likeness (QED) is 0.851. The van der Waals surface area contributed by atoms with Crippen LogP contribution < -0.4 is 9.47 Å². The molecule has 2 rings (SSSR count). The molecule has 1 N–H and O–H groups in total. The van der Waals surface area contributed by atoms with Gasteiger partial charge in [-0.15, -0.1) is 0 Å². The minimum absolute atomic E-state index is 0.283. The fourth-order valence-corrected chi connectivity index (χ4v) is 2.60. The zero-order valence-corrected chi connectivity index (χ0v) is 12.8. The summed E-state index contributed by atoms with van der Waals surface area (Å²) >= 11 is 3.32. The highest BCUT2D eigenvalue weighted by Crippen LogP contribution is 2.42. The molecule has 1 heterocycles. The van der Waals surface area contributed by atoms with Gasteiger partial charge < -0.3 is 14.6 Å². The molecule has 0 radical (unpaired) electrons. The first-order valence-corrected chi connectivity index (χ1v) is 6.95. The molecule has 5 nitrogen and oxygen atoms in total. The largest absolute Gasteiger partial charge is 0.486 e. The van der Waals surface area contributed by atoms with E-state index in [2.05, 4.69) is 15.9 Å². The topological polar surface area (TPSA) is 72.8 Å². The van der Waals surface area contributed by atoms with Gasteiger partial charge >= 0.3 is 5.97 Å². The predicted octanol–water partition coefficient (Wildman–Crippen LogP) is 2.69. The number of halogens is 1. The minimum Gasteiger partial charge on any atom is -0.486 e. The standard InChI is InChI=1S/C14H15BrO5/c1-14(2,13(17)18)6-8-5-10(15)9(7-16)12-11(8)19-3-4-20-12/h5,7H,3-4,6H2,1-2H3,(H,17,18). The van der Waals surface area contributed by atoms with Gasteiger partial charge in [0.1, 0.15) is 13.2 Å². The Kier molecular flexibility index (Phi) is 4.04. The summed E-state index contributed by atoms with van der Waals surface area (Å²) in [6, 6.07) is 1.72. The van der Waals surface area contributed by atoms with Crippen molar-refractivity contribution in [1.82, 2.24) is 0 Å². The van der Waals surface area contributed by atoms with Crippen molar-refractivity contribution in [3.8, 4) is 11.5 Å². The van der Waals surface area contributed by atoms with E-state index in [1.54, 1.807) is 19.9 Å². The molecule has 0 aliphatic carbocycles. The molecule has 0 amide bonds. The van der Waals surface area contributed by atoms with Gasteiger partial charge in [0.15, 0.2) is 17.8 Å². The molecule has 1 aliphatic heterocycles. The van der Waals surface area contributed by atoms with Crippen LogP contribution in [0.3, 0.4) is 0 Å². The Labute approximate surface area is 125 Å². The SMILES string of the molecule is CC(C)(Cc1cc(Br)c(C=O)c2c1OCCO2)C(=O)O. The smallest absolute Gasteiger partial charge is 0.309 e. The van der Waals surface area contributed by atoms with E-state index in [1.165, 1.54) is 0 Å². The Bertz CT molecular complexity index is 565. The van der Waals surface area contributed by atoms with Gasteiger partial charge in [0.2, 0.25) is 0 Å². The van der Waals surface area contributed by atoms with Crippen molar-refractivity contribution in [2.45, 2.75) is 20.3 Å². The molecule has 1 aromatic rings. The second-order valence-corrected chi connectivity index (χ2v) is 6.12. The van der Waals surface area contributed by atoms with Gasteiger partial charge in [0, 0.05) is 10.0 Å². The summed E-state index contributed by atoms with van der Waals surface area (Å²) in [6.07, 6.45) is 0.982. The van der Waals surface area contributed by atoms with Crippen LogP contribution in [0.4, 0.5) is 0 Å². The molecular weight excluding hydrogens is 328 g/mol. The average Bonchev–Trinajstić information content (AvgIpc) is 2.38. The van der Waals surface area contributed by atoms with Gasteiger partial charge in [-0.3, -0.25) is 9.59 Å². The molecule has 0 fully saturated rings. The molecule has 0 unspecified atom stereocenters. The Morgan fingerprint density at radius 1 is 1.40 bits per heavy atom. The molecule has 0 saturated heterocycles. The molecule has 0 spiro atoms. The summed E-state index contributed by atoms with van der Waals surface area (Å²) in [5.41, 5.74) is 0.164. The number of rotatable bonds is 4. The van der Waals surface area contributed by atoms with Crippen molar-refractivity contribution in [3.05, 3.63) is 21.7 Å². The van der Waals surface area contributed by atoms with Crippen LogP contribution in [0.25, 0.3) is 0 Å². The Morgan fingerprint density at radius 2 is 2.00 bits per heavy atom. The molecule has 6 heteroatoms. The first-order chi connectivity index (χ1) is 9.36. The molecule has 0 aromatic heterocycles. The van der Waals surface area contributed by atoms with Crippen LogP contribution in [0.15, 0.2) is 10.5 Å². The van der Waals surface area contributed by atoms with Crippen LogP contribution in [0.5, 0.6) is 11.5 Å². The third-order valence-corrected chi connectivity index (χ3v) is 3.86. The number of aldehydes is 1. The Morgan fingerprint density at radius 3 is 2.55 bits per heavy atom. The van der Waals surface area contributed by atoms with Crippen LogP contribution in [0.2, 0.25) is 0 Å². The maximum Gasteiger partial charge on any atom is 0.309 e. The second kappa shape index (κ2) is 5.44. The van der Waals surface area contributed by atoms with E-state index in [4.69, 9.17) is 9.47 Å². The number of benzene rings is 1. The monoisotopic (exact) mass is 342 g/mol. The normalized spacial score (nSPS) is 13.9. The van der Waals surface area contributed by atoms with E-state index in [0.717, 1.165) is 0 Å². The van der Waals surface area contributed by atoms with Crippen molar-refractivity contribution in [2.24, 2.45) is 5.41 Å². The number of carbonyl (C=O) groups excluding carboxylic acids is 1. The Hall–Kier alpha value is -1.56. The molecule has 0 atom stereocenters. The van der Waals surface area contributed by atoms with E-state index in [0.29, 0.717) is 46.6 Å². The van der Waals surface area contributed by atoms with Crippen molar-refractivity contribution in [3.63, 3.8) is 0 Å². The average molecular weight is 343 g/mol. The van der Waals surface area contributed by atoms with E-state index in [1.807, 2.05) is 0 Å². The second-order valence-electron chi connectivity index (χ2n) is 5.27. The predicted molar refractivity (Wildman–Crippen MR) is 75.6 cm³/mol. The first kappa shape index (κ1) is 14.8. The summed E-state index contributed by atoms with van der Waals surface area (Å²) in [5.74, 6) is -0.0359. The molecular formula is C14H15BrO5. The maximum absolute atomic E-state index is 11.3. The number of aliphatic carboxylic acids is 1. The van der Waals surface area contributed by atoms with Crippen molar-refractivity contribution >= 4 is 28.2 Å². The van der Waals surface area contributed by atoms with E-state index >= 15 is 0 Å². The van der Waals surface area contributed by atoms with Crippen LogP contribution in [0, 0.1) is 5.41 Å². The number of carboxylic acid groups (broad SMARTS) is 1. The number of hydrogen-bond donors (Lipinski definition) is 1. The van der Waals surface area contributed by atoms with E-state index < -0.39 is 11.4 Å². The zero-order valence-electron chi connectivity index (χ0n) is 11.2. The molecule has 20 heavy (non-hydrogen) atoms. The molecule has 1 aromatic carbocycles. The summed E-state index contributed by atoms with van der Waals surface area (Å²) in [7, 11) is 0. The summed E-state index contributed by atoms with van der Waals surface area (Å²) in [5, 5.41) is 9.24. The van der Waals surface area contributed by atoms with Crippen molar-refractivity contribution < 1.29 is 24.2 Å². The highest BCUT2D eigenvalue weighted by atomic mass is 79.9. The third kappa shape index (κ3) is 2.65. The minimum atomic E-state index is -0.934. The summed E-state index contributed by atoms with van der Waals surface area (Å²) < 4.78 is 11.7. The third-order valence-electron chi connectivity index (χ3n) is 3.21. The molecule has 1 aliphatic rings. The fraction of sp³-hybridized carbons (Fsp3) is 0.429. The lowest BCUT2D eigenvalue weighted by Crippen LogP contribution is -2.27. The van der Waals surface area contributed by atoms with Gasteiger partial charge in [-0.1, -0.05) is 0 Å². The van der Waals surface area contributed by atoms with Gasteiger partial charge in [0.25, 0.3) is 0 Å². The Balaban J connectivity index is 2.52. The lowest BCUT2D eigenvalue weighted by molar-refractivity contribution is -0.146. The number of carbonyl (C=O) groups is 2. The van der Waals surface area contributed by atoms with Crippen molar-refractivity contribution in [2.75, 3.05) is 13.2 Å². The highest BCUT2D eigenvalue weighted by Gasteiger charge is 2.31. The van der Waals surface area contributed by atoms with Crippen LogP contribution in [-0.2, 0) is 11.2 Å². The summed E-state index contributed by atoms with van der Waals surface area (Å²) in [4.78, 5) is 22.4. The van der Waals surface area contributed by atoms with Gasteiger partial charge in [-0.05, 0) is 42.3 Å². The van der Waals surface area contributed by atoms with E-state index in [9.17, 15) is 14.7 Å². The number of hydrogen-bond acceptors (Lipinski definition) is 4. The fourth-order valence-electron chi connectivity index (χ4n) is 2.05. The lowest BCUT2D eigenvalue weighted by atomic mass is 9.85. The first-order valence-electron chi connectivity index (χ1n) is 6.16. The van der Waals surface area contributed by atoms with Crippen LogP contribution in [-0.4, -0.2) is 30.6 Å². The molecule has 0 bridgehead atoms. The molecule has 0 saturated carbocycles. The lowest BCUT2D eigenvalue weighted by Gasteiger charge is -2.26. The van der Waals surface area contributed by atoms with Crippen LogP contribution in [0.1, 0.15) is 29.8 Å². The summed E-state index contributed by atoms with van der Waals surface area (Å²) in [6.45, 7) is 4.04. The van der Waals surface area contributed by atoms with Gasteiger partial charge in [-0.25, -0.2) is 0 Å². The highest BCUT2D eigenvalue weighted by molar-refractivity contribution is 9.10. The zero-order chi connectivity index (χ0) is 14.9. The number of carboxylic acids is 1. The van der Waals surface area contributed by atoms with E-state index in [-0.39, 0.29) is 6.42 Å². The number of fused-ring (bicyclic) bond motifs is 1. The van der Waals surface area contributed by atoms with Crippen LogP contribution >= 0.6 is 15.9 Å². The molecule has 108 valence electrons.